The zero-order chi connectivity index (χ0) is 9.26. The van der Waals surface area contributed by atoms with Crippen molar-refractivity contribution in [2.75, 3.05) is 0 Å². The van der Waals surface area contributed by atoms with Gasteiger partial charge in [-0.25, -0.2) is 9.07 Å². The molecule has 13 heavy (non-hydrogen) atoms. The fourth-order valence-electron chi connectivity index (χ4n) is 1.07. The molecule has 66 valence electrons. The van der Waals surface area contributed by atoms with Gasteiger partial charge in [0, 0.05) is 6.20 Å². The van der Waals surface area contributed by atoms with Gasteiger partial charge in [-0.2, -0.15) is 5.10 Å². The first-order chi connectivity index (χ1) is 6.27. The van der Waals surface area contributed by atoms with E-state index in [1.807, 2.05) is 0 Å². The molecule has 0 atom stereocenters. The standard InChI is InChI=1S/C9H6BrFN2/c10-7-5-12-13(6-7)9-4-2-1-3-8(9)11/h1-6H. The number of hydrogen-bond acceptors (Lipinski definition) is 1. The van der Waals surface area contributed by atoms with Crippen LogP contribution in [0.5, 0.6) is 0 Å². The molecule has 0 amide bonds. The second-order valence-corrected chi connectivity index (χ2v) is 3.47. The van der Waals surface area contributed by atoms with Crippen LogP contribution in [0.3, 0.4) is 0 Å². The normalized spacial score (nSPS) is 10.3. The second-order valence-electron chi connectivity index (χ2n) is 2.55. The van der Waals surface area contributed by atoms with Crippen molar-refractivity contribution in [1.82, 2.24) is 9.78 Å². The highest BCUT2D eigenvalue weighted by molar-refractivity contribution is 9.10. The largest absolute Gasteiger partial charge is 0.237 e. The van der Waals surface area contributed by atoms with Gasteiger partial charge in [0.15, 0.2) is 0 Å². The zero-order valence-corrected chi connectivity index (χ0v) is 8.20. The third-order valence-electron chi connectivity index (χ3n) is 1.65. The van der Waals surface area contributed by atoms with Crippen LogP contribution in [0.2, 0.25) is 0 Å². The van der Waals surface area contributed by atoms with E-state index in [-0.39, 0.29) is 5.82 Å². The van der Waals surface area contributed by atoms with Crippen molar-refractivity contribution in [1.29, 1.82) is 0 Å². The molecule has 0 unspecified atom stereocenters. The summed E-state index contributed by atoms with van der Waals surface area (Å²) in [7, 11) is 0. The van der Waals surface area contributed by atoms with Crippen LogP contribution in [-0.2, 0) is 0 Å². The smallest absolute Gasteiger partial charge is 0.148 e. The minimum atomic E-state index is -0.280. The Morgan fingerprint density at radius 2 is 2.08 bits per heavy atom. The summed E-state index contributed by atoms with van der Waals surface area (Å²) >= 11 is 3.25. The van der Waals surface area contributed by atoms with E-state index in [0.29, 0.717) is 5.69 Å². The lowest BCUT2D eigenvalue weighted by atomic mass is 10.3. The van der Waals surface area contributed by atoms with Gasteiger partial charge in [0.05, 0.1) is 10.7 Å². The number of benzene rings is 1. The summed E-state index contributed by atoms with van der Waals surface area (Å²) in [5.74, 6) is -0.280. The molecule has 0 spiro atoms. The van der Waals surface area contributed by atoms with Gasteiger partial charge in [0.2, 0.25) is 0 Å². The van der Waals surface area contributed by atoms with Crippen molar-refractivity contribution in [2.24, 2.45) is 0 Å². The Balaban J connectivity index is 2.52. The van der Waals surface area contributed by atoms with Crippen LogP contribution in [0.25, 0.3) is 5.69 Å². The van der Waals surface area contributed by atoms with Crippen molar-refractivity contribution < 1.29 is 4.39 Å². The van der Waals surface area contributed by atoms with Crippen LogP contribution < -0.4 is 0 Å². The van der Waals surface area contributed by atoms with Gasteiger partial charge < -0.3 is 0 Å². The summed E-state index contributed by atoms with van der Waals surface area (Å²) < 4.78 is 15.5. The second kappa shape index (κ2) is 3.30. The third kappa shape index (κ3) is 1.62. The molecule has 2 aromatic rings. The minimum absolute atomic E-state index is 0.280. The molecule has 0 aliphatic carbocycles. The molecule has 2 rings (SSSR count). The molecule has 4 heteroatoms. The van der Waals surface area contributed by atoms with E-state index in [9.17, 15) is 4.39 Å². The molecule has 0 aliphatic rings. The maximum atomic E-state index is 13.2. The highest BCUT2D eigenvalue weighted by Crippen LogP contribution is 2.14. The Hall–Kier alpha value is -1.16. The van der Waals surface area contributed by atoms with Gasteiger partial charge in [0.1, 0.15) is 11.5 Å². The summed E-state index contributed by atoms with van der Waals surface area (Å²) in [5, 5.41) is 3.98. The van der Waals surface area contributed by atoms with Gasteiger partial charge in [-0.3, -0.25) is 0 Å². The van der Waals surface area contributed by atoms with Gasteiger partial charge in [-0.1, -0.05) is 12.1 Å². The number of hydrogen-bond donors (Lipinski definition) is 0. The number of aromatic nitrogens is 2. The molecule has 0 radical (unpaired) electrons. The molecule has 0 aliphatic heterocycles. The molecule has 2 nitrogen and oxygen atoms in total. The van der Waals surface area contributed by atoms with E-state index >= 15 is 0 Å². The highest BCUT2D eigenvalue weighted by Gasteiger charge is 2.03. The summed E-state index contributed by atoms with van der Waals surface area (Å²) in [4.78, 5) is 0. The maximum Gasteiger partial charge on any atom is 0.148 e. The quantitative estimate of drug-likeness (QED) is 0.750. The number of nitrogens with zero attached hydrogens (tertiary/aromatic N) is 2. The van der Waals surface area contributed by atoms with Crippen molar-refractivity contribution in [3.63, 3.8) is 0 Å². The van der Waals surface area contributed by atoms with Crippen LogP contribution in [0.4, 0.5) is 4.39 Å². The molecular weight excluding hydrogens is 235 g/mol. The maximum absolute atomic E-state index is 13.2. The Labute approximate surface area is 83.1 Å². The van der Waals surface area contributed by atoms with Crippen LogP contribution in [0, 0.1) is 5.82 Å². The Kier molecular flexibility index (Phi) is 2.14. The van der Waals surface area contributed by atoms with Crippen molar-refractivity contribution in [3.8, 4) is 5.69 Å². The number of para-hydroxylation sites is 1. The zero-order valence-electron chi connectivity index (χ0n) is 6.61. The molecule has 0 fully saturated rings. The average molecular weight is 241 g/mol. The van der Waals surface area contributed by atoms with E-state index in [1.165, 1.54) is 10.7 Å². The van der Waals surface area contributed by atoms with Gasteiger partial charge in [-0.05, 0) is 28.1 Å². The van der Waals surface area contributed by atoms with E-state index in [0.717, 1.165) is 4.47 Å². The average Bonchev–Trinajstić information content (AvgIpc) is 2.53. The molecule has 0 saturated carbocycles. The van der Waals surface area contributed by atoms with Crippen molar-refractivity contribution in [2.45, 2.75) is 0 Å². The fourth-order valence-corrected chi connectivity index (χ4v) is 1.36. The first kappa shape index (κ1) is 8.44. The topological polar surface area (TPSA) is 17.8 Å². The van der Waals surface area contributed by atoms with Crippen molar-refractivity contribution in [3.05, 3.63) is 46.9 Å². The van der Waals surface area contributed by atoms with Crippen LogP contribution >= 0.6 is 15.9 Å². The van der Waals surface area contributed by atoms with Gasteiger partial charge in [0.25, 0.3) is 0 Å². The van der Waals surface area contributed by atoms with E-state index in [1.54, 1.807) is 30.6 Å². The first-order valence-electron chi connectivity index (χ1n) is 3.72. The van der Waals surface area contributed by atoms with Crippen LogP contribution in [-0.4, -0.2) is 9.78 Å². The lowest BCUT2D eigenvalue weighted by molar-refractivity contribution is 0.611. The lowest BCUT2D eigenvalue weighted by Crippen LogP contribution is -1.96. The van der Waals surface area contributed by atoms with E-state index in [4.69, 9.17) is 0 Å². The molecule has 1 aromatic heterocycles. The van der Waals surface area contributed by atoms with Gasteiger partial charge in [-0.15, -0.1) is 0 Å². The lowest BCUT2D eigenvalue weighted by Gasteiger charge is -2.00. The Morgan fingerprint density at radius 3 is 2.69 bits per heavy atom. The summed E-state index contributed by atoms with van der Waals surface area (Å²) in [6.45, 7) is 0. The summed E-state index contributed by atoms with van der Waals surface area (Å²) in [6, 6.07) is 6.51. The number of halogens is 2. The number of rotatable bonds is 1. The summed E-state index contributed by atoms with van der Waals surface area (Å²) in [6.07, 6.45) is 3.32. The Morgan fingerprint density at radius 1 is 1.31 bits per heavy atom. The molecule has 1 heterocycles. The predicted molar refractivity (Wildman–Crippen MR) is 51.2 cm³/mol. The molecule has 0 N–H and O–H groups in total. The minimum Gasteiger partial charge on any atom is -0.237 e. The SMILES string of the molecule is Fc1ccccc1-n1cc(Br)cn1. The monoisotopic (exact) mass is 240 g/mol. The van der Waals surface area contributed by atoms with Crippen molar-refractivity contribution >= 4 is 15.9 Å². The molecule has 0 bridgehead atoms. The van der Waals surface area contributed by atoms with Gasteiger partial charge >= 0.3 is 0 Å². The third-order valence-corrected chi connectivity index (χ3v) is 2.06. The van der Waals surface area contributed by atoms with Crippen LogP contribution in [0.15, 0.2) is 41.1 Å². The van der Waals surface area contributed by atoms with Crippen LogP contribution in [0.1, 0.15) is 0 Å². The molecular formula is C9H6BrFN2. The van der Waals surface area contributed by atoms with E-state index < -0.39 is 0 Å². The predicted octanol–water partition coefficient (Wildman–Crippen LogP) is 2.77. The fraction of sp³-hybridized carbons (Fsp3) is 0. The highest BCUT2D eigenvalue weighted by atomic mass is 79.9. The Bertz CT molecular complexity index is 425. The molecule has 0 saturated heterocycles. The first-order valence-corrected chi connectivity index (χ1v) is 4.52. The molecule has 1 aromatic carbocycles. The summed E-state index contributed by atoms with van der Waals surface area (Å²) in [5.41, 5.74) is 0.452. The van der Waals surface area contributed by atoms with E-state index in [2.05, 4.69) is 21.0 Å².